The van der Waals surface area contributed by atoms with Crippen LogP contribution in [0.15, 0.2) is 16.8 Å². The summed E-state index contributed by atoms with van der Waals surface area (Å²) in [5.41, 5.74) is 1.15. The number of aliphatic imine (C=N–C) groups is 1. The fourth-order valence-corrected chi connectivity index (χ4v) is 1.32. The lowest BCUT2D eigenvalue weighted by atomic mass is 9.86. The molecule has 0 aromatic carbocycles. The molecule has 15 heavy (non-hydrogen) atoms. The lowest BCUT2D eigenvalue weighted by Crippen LogP contribution is -2.21. The fraction of sp³-hybridized carbons (Fsp3) is 0.769. The topological polar surface area (TPSA) is 21.6 Å². The highest BCUT2D eigenvalue weighted by molar-refractivity contribution is 5.99. The van der Waals surface area contributed by atoms with E-state index in [1.54, 1.807) is 7.11 Å². The molecular weight excluding hydrogens is 186 g/mol. The third-order valence-electron chi connectivity index (χ3n) is 2.24. The minimum Gasteiger partial charge on any atom is -0.500 e. The number of ether oxygens (including phenoxy) is 1. The van der Waals surface area contributed by atoms with Crippen molar-refractivity contribution in [3.8, 4) is 0 Å². The van der Waals surface area contributed by atoms with Crippen LogP contribution in [0.25, 0.3) is 0 Å². The van der Waals surface area contributed by atoms with E-state index in [1.165, 1.54) is 0 Å². The number of rotatable bonds is 2. The molecule has 0 bridgehead atoms. The van der Waals surface area contributed by atoms with Gasteiger partial charge in [0.1, 0.15) is 5.76 Å². The first-order chi connectivity index (χ1) is 6.62. The van der Waals surface area contributed by atoms with Gasteiger partial charge < -0.3 is 4.74 Å². The molecule has 0 radical (unpaired) electrons. The number of allylic oxidation sites excluding steroid dienone is 2. The van der Waals surface area contributed by atoms with Gasteiger partial charge in [-0.1, -0.05) is 41.5 Å². The predicted molar refractivity (Wildman–Crippen MR) is 67.4 cm³/mol. The van der Waals surface area contributed by atoms with Crippen molar-refractivity contribution in [2.24, 2.45) is 15.8 Å². The molecule has 0 N–H and O–H groups in total. The summed E-state index contributed by atoms with van der Waals surface area (Å²) in [6.07, 6.45) is 2.06. The second-order valence-corrected chi connectivity index (χ2v) is 5.82. The Bertz CT molecular complexity index is 261. The first kappa shape index (κ1) is 14.2. The Morgan fingerprint density at radius 3 is 1.67 bits per heavy atom. The Hall–Kier alpha value is -0.790. The second kappa shape index (κ2) is 4.82. The maximum atomic E-state index is 5.42. The lowest BCUT2D eigenvalue weighted by molar-refractivity contribution is 0.207. The smallest absolute Gasteiger partial charge is 0.103 e. The van der Waals surface area contributed by atoms with Crippen molar-refractivity contribution in [2.75, 3.05) is 14.2 Å². The second-order valence-electron chi connectivity index (χ2n) is 5.82. The van der Waals surface area contributed by atoms with Gasteiger partial charge in [0.25, 0.3) is 0 Å². The molecule has 0 aliphatic carbocycles. The Labute approximate surface area is 94.4 Å². The van der Waals surface area contributed by atoms with Crippen LogP contribution < -0.4 is 0 Å². The number of hydrogen-bond donors (Lipinski definition) is 0. The van der Waals surface area contributed by atoms with Crippen molar-refractivity contribution in [1.29, 1.82) is 0 Å². The highest BCUT2D eigenvalue weighted by atomic mass is 16.5. The highest BCUT2D eigenvalue weighted by Gasteiger charge is 2.22. The molecule has 0 spiro atoms. The van der Waals surface area contributed by atoms with E-state index in [4.69, 9.17) is 4.74 Å². The van der Waals surface area contributed by atoms with Gasteiger partial charge in [0.15, 0.2) is 0 Å². The molecule has 0 aromatic heterocycles. The number of hydrogen-bond acceptors (Lipinski definition) is 2. The Morgan fingerprint density at radius 2 is 1.47 bits per heavy atom. The molecule has 88 valence electrons. The van der Waals surface area contributed by atoms with Gasteiger partial charge in [-0.3, -0.25) is 4.99 Å². The zero-order chi connectivity index (χ0) is 12.3. The molecule has 0 atom stereocenters. The first-order valence-electron chi connectivity index (χ1n) is 5.36. The summed E-state index contributed by atoms with van der Waals surface area (Å²) in [5, 5.41) is 0. The molecule has 0 fully saturated rings. The highest BCUT2D eigenvalue weighted by Crippen LogP contribution is 2.28. The monoisotopic (exact) mass is 211 g/mol. The van der Waals surface area contributed by atoms with Crippen LogP contribution in [-0.2, 0) is 4.74 Å². The van der Waals surface area contributed by atoms with Crippen molar-refractivity contribution in [1.82, 2.24) is 0 Å². The van der Waals surface area contributed by atoms with Gasteiger partial charge in [0.2, 0.25) is 0 Å². The van der Waals surface area contributed by atoms with E-state index in [9.17, 15) is 0 Å². The van der Waals surface area contributed by atoms with E-state index < -0.39 is 0 Å². The standard InChI is InChI=1S/C13H25NO/c1-12(2,3)10(14-7)9-11(15-8)13(4,5)6/h9H,1-8H3/b11-9-,14-10?. The summed E-state index contributed by atoms with van der Waals surface area (Å²) in [4.78, 5) is 4.32. The van der Waals surface area contributed by atoms with Crippen LogP contribution >= 0.6 is 0 Å². The van der Waals surface area contributed by atoms with Crippen molar-refractivity contribution in [2.45, 2.75) is 41.5 Å². The minimum atomic E-state index is 0.0238. The van der Waals surface area contributed by atoms with E-state index in [1.807, 2.05) is 7.05 Å². The van der Waals surface area contributed by atoms with Crippen molar-refractivity contribution >= 4 is 5.71 Å². The van der Waals surface area contributed by atoms with E-state index in [0.717, 1.165) is 11.5 Å². The van der Waals surface area contributed by atoms with E-state index in [2.05, 4.69) is 52.6 Å². The molecule has 2 nitrogen and oxygen atoms in total. The molecule has 0 amide bonds. The SMILES string of the molecule is CN=C(/C=C(\OC)C(C)(C)C)C(C)(C)C. The molecule has 0 aromatic rings. The molecule has 0 rings (SSSR count). The predicted octanol–water partition coefficient (Wildman–Crippen LogP) is 3.68. The van der Waals surface area contributed by atoms with E-state index >= 15 is 0 Å². The maximum Gasteiger partial charge on any atom is 0.103 e. The van der Waals surface area contributed by atoms with Gasteiger partial charge in [0, 0.05) is 23.6 Å². The van der Waals surface area contributed by atoms with Crippen molar-refractivity contribution in [3.05, 3.63) is 11.8 Å². The summed E-state index contributed by atoms with van der Waals surface area (Å²) >= 11 is 0. The van der Waals surface area contributed by atoms with Crippen LogP contribution in [-0.4, -0.2) is 19.9 Å². The van der Waals surface area contributed by atoms with E-state index in [0.29, 0.717) is 0 Å². The molecule has 0 saturated carbocycles. The average Bonchev–Trinajstić information content (AvgIpc) is 2.01. The number of methoxy groups -OCH3 is 1. The van der Waals surface area contributed by atoms with Gasteiger partial charge in [-0.05, 0) is 6.08 Å². The Morgan fingerprint density at radius 1 is 1.00 bits per heavy atom. The summed E-state index contributed by atoms with van der Waals surface area (Å²) < 4.78 is 5.42. The van der Waals surface area contributed by atoms with Crippen LogP contribution in [0, 0.1) is 10.8 Å². The third kappa shape index (κ3) is 4.50. The first-order valence-corrected chi connectivity index (χ1v) is 5.36. The number of nitrogens with zero attached hydrogens (tertiary/aromatic N) is 1. The van der Waals surface area contributed by atoms with Gasteiger partial charge in [-0.25, -0.2) is 0 Å². The maximum absolute atomic E-state index is 5.42. The Balaban J connectivity index is 5.17. The van der Waals surface area contributed by atoms with Crippen LogP contribution in [0.3, 0.4) is 0 Å². The molecular formula is C13H25NO. The van der Waals surface area contributed by atoms with Crippen LogP contribution in [0.2, 0.25) is 0 Å². The van der Waals surface area contributed by atoms with E-state index in [-0.39, 0.29) is 10.8 Å². The van der Waals surface area contributed by atoms with Gasteiger partial charge in [-0.15, -0.1) is 0 Å². The summed E-state index contributed by atoms with van der Waals surface area (Å²) in [5.74, 6) is 0.970. The summed E-state index contributed by atoms with van der Waals surface area (Å²) in [6, 6.07) is 0. The molecule has 0 saturated heterocycles. The zero-order valence-corrected chi connectivity index (χ0v) is 11.4. The zero-order valence-electron chi connectivity index (χ0n) is 11.4. The molecule has 2 heteroatoms. The van der Waals surface area contributed by atoms with Crippen LogP contribution in [0.5, 0.6) is 0 Å². The molecule has 0 heterocycles. The van der Waals surface area contributed by atoms with Crippen molar-refractivity contribution < 1.29 is 4.74 Å². The molecule has 0 aliphatic heterocycles. The average molecular weight is 211 g/mol. The summed E-state index contributed by atoms with van der Waals surface area (Å²) in [6.45, 7) is 12.9. The normalized spacial score (nSPS) is 15.5. The molecule has 0 aliphatic rings. The fourth-order valence-electron chi connectivity index (χ4n) is 1.32. The van der Waals surface area contributed by atoms with Crippen LogP contribution in [0.4, 0.5) is 0 Å². The lowest BCUT2D eigenvalue weighted by Gasteiger charge is -2.25. The van der Waals surface area contributed by atoms with Gasteiger partial charge >= 0.3 is 0 Å². The minimum absolute atomic E-state index is 0.0238. The molecule has 0 unspecified atom stereocenters. The van der Waals surface area contributed by atoms with Gasteiger partial charge in [-0.2, -0.15) is 0 Å². The largest absolute Gasteiger partial charge is 0.500 e. The van der Waals surface area contributed by atoms with Crippen LogP contribution in [0.1, 0.15) is 41.5 Å². The Kier molecular flexibility index (Phi) is 4.57. The summed E-state index contributed by atoms with van der Waals surface area (Å²) in [7, 11) is 3.54. The van der Waals surface area contributed by atoms with Gasteiger partial charge in [0.05, 0.1) is 7.11 Å². The van der Waals surface area contributed by atoms with Crippen molar-refractivity contribution in [3.63, 3.8) is 0 Å². The third-order valence-corrected chi connectivity index (χ3v) is 2.24. The quantitative estimate of drug-likeness (QED) is 0.504.